The molecule has 18 heavy (non-hydrogen) atoms. The Morgan fingerprint density at radius 2 is 2.17 bits per heavy atom. The Bertz CT molecular complexity index is 490. The lowest BCUT2D eigenvalue weighted by Gasteiger charge is -2.16. The van der Waals surface area contributed by atoms with Crippen LogP contribution in [0.15, 0.2) is 18.2 Å². The van der Waals surface area contributed by atoms with Crippen LogP contribution in [0, 0.1) is 5.92 Å². The van der Waals surface area contributed by atoms with Crippen LogP contribution in [0.4, 0.5) is 0 Å². The van der Waals surface area contributed by atoms with Crippen molar-refractivity contribution in [2.45, 2.75) is 31.1 Å². The molecule has 3 nitrogen and oxygen atoms in total. The maximum absolute atomic E-state index is 11.4. The smallest absolute Gasteiger partial charge is 0.314 e. The van der Waals surface area contributed by atoms with E-state index in [9.17, 15) is 9.90 Å². The zero-order chi connectivity index (χ0) is 12.8. The normalized spacial score (nSPS) is 20.5. The number of halogens is 1. The van der Waals surface area contributed by atoms with E-state index in [1.54, 1.807) is 18.2 Å². The lowest BCUT2D eigenvalue weighted by molar-refractivity contribution is -0.140. The highest BCUT2D eigenvalue weighted by atomic mass is 35.5. The third-order valence-corrected chi connectivity index (χ3v) is 4.02. The molecule has 0 bridgehead atoms. The van der Waals surface area contributed by atoms with E-state index < -0.39 is 11.4 Å². The molecule has 96 valence electrons. The highest BCUT2D eigenvalue weighted by Crippen LogP contribution is 2.52. The highest BCUT2D eigenvalue weighted by molar-refractivity contribution is 6.30. The van der Waals surface area contributed by atoms with Gasteiger partial charge in [0.1, 0.15) is 5.75 Å². The molecule has 1 aromatic rings. The molecule has 0 aliphatic heterocycles. The number of benzene rings is 1. The lowest BCUT2D eigenvalue weighted by Crippen LogP contribution is -2.20. The summed E-state index contributed by atoms with van der Waals surface area (Å²) in [5.41, 5.74) is -0.0211. The monoisotopic (exact) mass is 266 g/mol. The molecule has 2 fully saturated rings. The van der Waals surface area contributed by atoms with E-state index in [4.69, 9.17) is 16.3 Å². The van der Waals surface area contributed by atoms with Gasteiger partial charge in [-0.15, -0.1) is 0 Å². The van der Waals surface area contributed by atoms with E-state index in [2.05, 4.69) is 0 Å². The fourth-order valence-electron chi connectivity index (χ4n) is 2.22. The third kappa shape index (κ3) is 2.07. The molecule has 0 heterocycles. The maximum atomic E-state index is 11.4. The van der Waals surface area contributed by atoms with E-state index in [1.807, 2.05) is 0 Å². The first-order valence-corrected chi connectivity index (χ1v) is 6.66. The van der Waals surface area contributed by atoms with Crippen LogP contribution >= 0.6 is 11.6 Å². The van der Waals surface area contributed by atoms with Crippen molar-refractivity contribution in [1.29, 1.82) is 0 Å². The SMILES string of the molecule is O=C(O)C1(c2cc(Cl)ccc2OCC2CC2)CC1. The van der Waals surface area contributed by atoms with Crippen LogP contribution in [0.1, 0.15) is 31.2 Å². The van der Waals surface area contributed by atoms with Gasteiger partial charge in [-0.3, -0.25) is 4.79 Å². The highest BCUT2D eigenvalue weighted by Gasteiger charge is 2.53. The lowest BCUT2D eigenvalue weighted by atomic mass is 9.95. The molecule has 0 radical (unpaired) electrons. The molecule has 1 N–H and O–H groups in total. The van der Waals surface area contributed by atoms with Gasteiger partial charge >= 0.3 is 5.97 Å². The van der Waals surface area contributed by atoms with Crippen LogP contribution in [0.25, 0.3) is 0 Å². The molecule has 4 heteroatoms. The van der Waals surface area contributed by atoms with Gasteiger partial charge in [-0.1, -0.05) is 11.6 Å². The minimum Gasteiger partial charge on any atom is -0.493 e. The molecule has 0 spiro atoms. The number of hydrogen-bond acceptors (Lipinski definition) is 2. The Labute approximate surface area is 111 Å². The number of carboxylic acid groups (broad SMARTS) is 1. The van der Waals surface area contributed by atoms with Crippen molar-refractivity contribution < 1.29 is 14.6 Å². The Morgan fingerprint density at radius 1 is 1.44 bits per heavy atom. The average Bonchev–Trinajstić information content (AvgIpc) is 3.21. The van der Waals surface area contributed by atoms with Crippen molar-refractivity contribution in [1.82, 2.24) is 0 Å². The molecular formula is C14H15ClO3. The topological polar surface area (TPSA) is 46.5 Å². The number of aliphatic carboxylic acids is 1. The van der Waals surface area contributed by atoms with Crippen molar-refractivity contribution in [3.63, 3.8) is 0 Å². The molecule has 0 saturated heterocycles. The summed E-state index contributed by atoms with van der Waals surface area (Å²) in [6, 6.07) is 5.29. The largest absolute Gasteiger partial charge is 0.493 e. The van der Waals surface area contributed by atoms with Crippen molar-refractivity contribution in [3.8, 4) is 5.75 Å². The number of ether oxygens (including phenoxy) is 1. The number of carbonyl (C=O) groups is 1. The van der Waals surface area contributed by atoms with E-state index in [0.717, 1.165) is 5.56 Å². The molecular weight excluding hydrogens is 252 g/mol. The summed E-state index contributed by atoms with van der Waals surface area (Å²) in [5, 5.41) is 9.93. The van der Waals surface area contributed by atoms with Gasteiger partial charge in [0.15, 0.2) is 0 Å². The summed E-state index contributed by atoms with van der Waals surface area (Å²) >= 11 is 5.98. The molecule has 2 saturated carbocycles. The van der Waals surface area contributed by atoms with Gasteiger partial charge in [-0.25, -0.2) is 0 Å². The first kappa shape index (κ1) is 11.8. The first-order valence-electron chi connectivity index (χ1n) is 6.28. The van der Waals surface area contributed by atoms with Gasteiger partial charge in [0.05, 0.1) is 12.0 Å². The molecule has 1 aromatic carbocycles. The number of carboxylic acids is 1. The summed E-state index contributed by atoms with van der Waals surface area (Å²) in [5.74, 6) is 0.556. The van der Waals surface area contributed by atoms with Crippen LogP contribution < -0.4 is 4.74 Å². The minimum absolute atomic E-state index is 0.566. The van der Waals surface area contributed by atoms with Crippen molar-refractivity contribution >= 4 is 17.6 Å². The van der Waals surface area contributed by atoms with Crippen molar-refractivity contribution in [2.24, 2.45) is 5.92 Å². The number of rotatable bonds is 5. The summed E-state index contributed by atoms with van der Waals surface area (Å²) in [7, 11) is 0. The van der Waals surface area contributed by atoms with E-state index in [-0.39, 0.29) is 0 Å². The second-order valence-electron chi connectivity index (χ2n) is 5.28. The average molecular weight is 267 g/mol. The minimum atomic E-state index is -0.777. The third-order valence-electron chi connectivity index (χ3n) is 3.79. The first-order chi connectivity index (χ1) is 8.62. The van der Waals surface area contributed by atoms with Crippen LogP contribution in [-0.2, 0) is 10.2 Å². The Kier molecular flexibility index (Phi) is 2.74. The summed E-state index contributed by atoms with van der Waals surface area (Å²) in [6.07, 6.45) is 3.77. The Balaban J connectivity index is 1.90. The molecule has 0 unspecified atom stereocenters. The van der Waals surface area contributed by atoms with Gasteiger partial charge in [-0.2, -0.15) is 0 Å². The molecule has 0 amide bonds. The Morgan fingerprint density at radius 3 is 2.72 bits per heavy atom. The van der Waals surface area contributed by atoms with Crippen LogP contribution in [-0.4, -0.2) is 17.7 Å². The number of hydrogen-bond donors (Lipinski definition) is 1. The fraction of sp³-hybridized carbons (Fsp3) is 0.500. The maximum Gasteiger partial charge on any atom is 0.314 e. The molecule has 2 aliphatic rings. The summed E-state index contributed by atoms with van der Waals surface area (Å²) in [6.45, 7) is 0.685. The van der Waals surface area contributed by atoms with Crippen molar-refractivity contribution in [2.75, 3.05) is 6.61 Å². The predicted octanol–water partition coefficient (Wildman–Crippen LogP) is 3.25. The molecule has 3 rings (SSSR count). The van der Waals surface area contributed by atoms with Crippen molar-refractivity contribution in [3.05, 3.63) is 28.8 Å². The van der Waals surface area contributed by atoms with Crippen LogP contribution in [0.2, 0.25) is 5.02 Å². The molecule has 2 aliphatic carbocycles. The van der Waals surface area contributed by atoms with Crippen LogP contribution in [0.3, 0.4) is 0 Å². The van der Waals surface area contributed by atoms with E-state index in [0.29, 0.717) is 36.1 Å². The zero-order valence-electron chi connectivity index (χ0n) is 9.99. The molecule has 0 atom stereocenters. The van der Waals surface area contributed by atoms with Gasteiger partial charge in [0, 0.05) is 10.6 Å². The van der Waals surface area contributed by atoms with Crippen LogP contribution in [0.5, 0.6) is 5.75 Å². The molecule has 0 aromatic heterocycles. The Hall–Kier alpha value is -1.22. The summed E-state index contributed by atoms with van der Waals surface area (Å²) in [4.78, 5) is 11.4. The second kappa shape index (κ2) is 4.16. The fourth-order valence-corrected chi connectivity index (χ4v) is 2.39. The van der Waals surface area contributed by atoms with Gasteiger partial charge in [-0.05, 0) is 49.8 Å². The summed E-state index contributed by atoms with van der Waals surface area (Å²) < 4.78 is 5.77. The van der Waals surface area contributed by atoms with E-state index in [1.165, 1.54) is 12.8 Å². The van der Waals surface area contributed by atoms with Gasteiger partial charge < -0.3 is 9.84 Å². The quantitative estimate of drug-likeness (QED) is 0.890. The van der Waals surface area contributed by atoms with Gasteiger partial charge in [0.25, 0.3) is 0 Å². The standard InChI is InChI=1S/C14H15ClO3/c15-10-3-4-12(18-8-9-1-2-9)11(7-10)14(5-6-14)13(16)17/h3-4,7,9H,1-2,5-6,8H2,(H,16,17). The predicted molar refractivity (Wildman–Crippen MR) is 68.2 cm³/mol. The van der Waals surface area contributed by atoms with E-state index >= 15 is 0 Å². The zero-order valence-corrected chi connectivity index (χ0v) is 10.7. The second-order valence-corrected chi connectivity index (χ2v) is 5.72. The van der Waals surface area contributed by atoms with Gasteiger partial charge in [0.2, 0.25) is 0 Å².